The second-order valence-corrected chi connectivity index (χ2v) is 9.37. The first kappa shape index (κ1) is 22.8. The summed E-state index contributed by atoms with van der Waals surface area (Å²) >= 11 is 18.9. The number of rotatable bonds is 8. The van der Waals surface area contributed by atoms with Crippen LogP contribution in [0.1, 0.15) is 31.2 Å². The van der Waals surface area contributed by atoms with Gasteiger partial charge in [-0.1, -0.05) is 71.8 Å². The lowest BCUT2D eigenvalue weighted by atomic mass is 10.0. The van der Waals surface area contributed by atoms with E-state index in [1.807, 2.05) is 42.5 Å². The maximum absolute atomic E-state index is 12.8. The Morgan fingerprint density at radius 2 is 1.80 bits per heavy atom. The molecule has 0 atom stereocenters. The van der Waals surface area contributed by atoms with Crippen LogP contribution in [0.3, 0.4) is 0 Å². The van der Waals surface area contributed by atoms with Crippen LogP contribution in [0.4, 0.5) is 0 Å². The fourth-order valence-corrected chi connectivity index (χ4v) is 4.93. The third-order valence-electron chi connectivity index (χ3n) is 4.53. The van der Waals surface area contributed by atoms with E-state index in [0.717, 1.165) is 29.5 Å². The summed E-state index contributed by atoms with van der Waals surface area (Å²) in [5, 5.41) is 9.82. The normalized spacial score (nSPS) is 15.3. The lowest BCUT2D eigenvalue weighted by molar-refractivity contribution is -0.137. The van der Waals surface area contributed by atoms with Gasteiger partial charge in [0, 0.05) is 23.0 Å². The molecule has 2 aromatic rings. The highest BCUT2D eigenvalue weighted by Gasteiger charge is 2.31. The van der Waals surface area contributed by atoms with E-state index in [9.17, 15) is 9.59 Å². The number of aliphatic carboxylic acids is 1. The van der Waals surface area contributed by atoms with E-state index in [1.54, 1.807) is 11.0 Å². The van der Waals surface area contributed by atoms with Gasteiger partial charge in [0.1, 0.15) is 4.32 Å². The molecule has 0 bridgehead atoms. The topological polar surface area (TPSA) is 57.6 Å². The summed E-state index contributed by atoms with van der Waals surface area (Å²) in [6, 6.07) is 13.1. The van der Waals surface area contributed by atoms with E-state index in [-0.39, 0.29) is 12.3 Å². The molecule has 0 aromatic heterocycles. The lowest BCUT2D eigenvalue weighted by Gasteiger charge is -2.13. The molecule has 1 N–H and O–H groups in total. The van der Waals surface area contributed by atoms with Crippen molar-refractivity contribution in [1.82, 2.24) is 4.90 Å². The molecule has 156 valence electrons. The SMILES string of the molecule is O=C(O)CCCCCN1C(=O)C(=Cc2cccc(-c3cc(Cl)cc(Cl)c3)c2)SC1=S. The van der Waals surface area contributed by atoms with Crippen LogP contribution in [0, 0.1) is 0 Å². The van der Waals surface area contributed by atoms with Gasteiger partial charge >= 0.3 is 5.97 Å². The van der Waals surface area contributed by atoms with Crippen molar-refractivity contribution < 1.29 is 14.7 Å². The molecule has 1 aliphatic heterocycles. The highest BCUT2D eigenvalue weighted by atomic mass is 35.5. The van der Waals surface area contributed by atoms with Crippen molar-refractivity contribution in [2.45, 2.75) is 25.7 Å². The number of thioether (sulfide) groups is 1. The Balaban J connectivity index is 1.70. The molecule has 4 nitrogen and oxygen atoms in total. The minimum Gasteiger partial charge on any atom is -0.481 e. The molecule has 30 heavy (non-hydrogen) atoms. The predicted molar refractivity (Wildman–Crippen MR) is 128 cm³/mol. The summed E-state index contributed by atoms with van der Waals surface area (Å²) in [7, 11) is 0. The van der Waals surface area contributed by atoms with Crippen LogP contribution in [0.15, 0.2) is 47.4 Å². The maximum Gasteiger partial charge on any atom is 0.303 e. The summed E-state index contributed by atoms with van der Waals surface area (Å²) in [5.74, 6) is -0.912. The number of unbranched alkanes of at least 4 members (excludes halogenated alkanes) is 2. The summed E-state index contributed by atoms with van der Waals surface area (Å²) in [4.78, 5) is 25.5. The summed E-state index contributed by atoms with van der Waals surface area (Å²) in [5.41, 5.74) is 2.73. The minimum atomic E-state index is -0.800. The largest absolute Gasteiger partial charge is 0.481 e. The lowest BCUT2D eigenvalue weighted by Crippen LogP contribution is -2.29. The van der Waals surface area contributed by atoms with Gasteiger partial charge in [0.25, 0.3) is 5.91 Å². The van der Waals surface area contributed by atoms with E-state index >= 15 is 0 Å². The molecule has 1 fully saturated rings. The van der Waals surface area contributed by atoms with Gasteiger partial charge in [-0.15, -0.1) is 0 Å². The van der Waals surface area contributed by atoms with E-state index in [2.05, 4.69) is 0 Å². The van der Waals surface area contributed by atoms with Crippen LogP contribution in [-0.2, 0) is 9.59 Å². The number of nitrogens with zero attached hydrogens (tertiary/aromatic N) is 1. The second kappa shape index (κ2) is 10.4. The highest BCUT2D eigenvalue weighted by molar-refractivity contribution is 8.26. The smallest absolute Gasteiger partial charge is 0.303 e. The number of hydrogen-bond donors (Lipinski definition) is 1. The van der Waals surface area contributed by atoms with Crippen LogP contribution >= 0.6 is 47.2 Å². The maximum atomic E-state index is 12.8. The highest BCUT2D eigenvalue weighted by Crippen LogP contribution is 2.34. The minimum absolute atomic E-state index is 0.112. The van der Waals surface area contributed by atoms with Crippen LogP contribution < -0.4 is 0 Å². The van der Waals surface area contributed by atoms with Crippen LogP contribution in [-0.4, -0.2) is 32.7 Å². The molecule has 8 heteroatoms. The third-order valence-corrected chi connectivity index (χ3v) is 6.34. The summed E-state index contributed by atoms with van der Waals surface area (Å²) in [6.07, 6.45) is 4.04. The number of carbonyl (C=O) groups is 2. The Bertz CT molecular complexity index is 1000. The fraction of sp³-hybridized carbons (Fsp3) is 0.227. The van der Waals surface area contributed by atoms with Crippen molar-refractivity contribution in [1.29, 1.82) is 0 Å². The number of carboxylic acid groups (broad SMARTS) is 1. The van der Waals surface area contributed by atoms with Crippen molar-refractivity contribution in [3.05, 3.63) is 63.0 Å². The quantitative estimate of drug-likeness (QED) is 0.265. The van der Waals surface area contributed by atoms with Crippen molar-refractivity contribution >= 4 is 69.5 Å². The van der Waals surface area contributed by atoms with Gasteiger partial charge in [-0.3, -0.25) is 14.5 Å². The molecule has 1 saturated heterocycles. The number of hydrogen-bond acceptors (Lipinski definition) is 4. The monoisotopic (exact) mass is 479 g/mol. The summed E-state index contributed by atoms with van der Waals surface area (Å²) in [6.45, 7) is 0.503. The number of halogens is 2. The van der Waals surface area contributed by atoms with Crippen LogP contribution in [0.2, 0.25) is 10.0 Å². The van der Waals surface area contributed by atoms with Gasteiger partial charge in [0.2, 0.25) is 0 Å². The Morgan fingerprint density at radius 1 is 1.07 bits per heavy atom. The fourth-order valence-electron chi connectivity index (χ4n) is 3.10. The third kappa shape index (κ3) is 6.08. The number of thiocarbonyl (C=S) groups is 1. The van der Waals surface area contributed by atoms with Crippen molar-refractivity contribution in [2.24, 2.45) is 0 Å². The van der Waals surface area contributed by atoms with E-state index in [4.69, 9.17) is 40.5 Å². The van der Waals surface area contributed by atoms with Crippen LogP contribution in [0.25, 0.3) is 17.2 Å². The van der Waals surface area contributed by atoms with Gasteiger partial charge in [0.05, 0.1) is 4.91 Å². The van der Waals surface area contributed by atoms with Crippen molar-refractivity contribution in [3.8, 4) is 11.1 Å². The molecule has 1 amide bonds. The molecular formula is C22H19Cl2NO3S2. The first-order valence-corrected chi connectivity index (χ1v) is 11.4. The molecule has 1 heterocycles. The molecule has 0 spiro atoms. The molecule has 2 aromatic carbocycles. The zero-order valence-electron chi connectivity index (χ0n) is 15.9. The van der Waals surface area contributed by atoms with Gasteiger partial charge < -0.3 is 5.11 Å². The number of benzene rings is 2. The molecule has 0 saturated carbocycles. The molecule has 1 aliphatic rings. The van der Waals surface area contributed by atoms with E-state index < -0.39 is 5.97 Å². The molecule has 0 aliphatic carbocycles. The average molecular weight is 480 g/mol. The van der Waals surface area contributed by atoms with Crippen molar-refractivity contribution in [2.75, 3.05) is 6.54 Å². The van der Waals surface area contributed by atoms with Gasteiger partial charge in [-0.05, 0) is 59.9 Å². The standard InChI is InChI=1S/C22H19Cl2NO3S2/c23-17-11-16(12-18(24)13-17)15-6-4-5-14(9-15)10-19-21(28)25(22(29)30-19)8-3-1-2-7-20(26)27/h4-6,9-13H,1-3,7-8H2,(H,26,27). The zero-order valence-corrected chi connectivity index (χ0v) is 19.1. The first-order chi connectivity index (χ1) is 14.3. The van der Waals surface area contributed by atoms with Crippen molar-refractivity contribution in [3.63, 3.8) is 0 Å². The second-order valence-electron chi connectivity index (χ2n) is 6.82. The Morgan fingerprint density at radius 3 is 2.50 bits per heavy atom. The Kier molecular flexibility index (Phi) is 7.94. The van der Waals surface area contributed by atoms with E-state index in [0.29, 0.717) is 32.2 Å². The Labute approximate surface area is 194 Å². The molecular weight excluding hydrogens is 461 g/mol. The molecule has 0 unspecified atom stereocenters. The number of amides is 1. The summed E-state index contributed by atoms with van der Waals surface area (Å²) < 4.78 is 0.530. The zero-order chi connectivity index (χ0) is 21.7. The van der Waals surface area contributed by atoms with E-state index in [1.165, 1.54) is 11.8 Å². The predicted octanol–water partition coefficient (Wildman–Crippen LogP) is 6.51. The number of carboxylic acids is 1. The number of carbonyl (C=O) groups excluding carboxylic acids is 1. The van der Waals surface area contributed by atoms with Crippen LogP contribution in [0.5, 0.6) is 0 Å². The Hall–Kier alpha value is -1.86. The molecule has 3 rings (SSSR count). The first-order valence-electron chi connectivity index (χ1n) is 9.37. The van der Waals surface area contributed by atoms with Gasteiger partial charge in [-0.25, -0.2) is 0 Å². The van der Waals surface area contributed by atoms with Gasteiger partial charge in [-0.2, -0.15) is 0 Å². The average Bonchev–Trinajstić information content (AvgIpc) is 2.94. The van der Waals surface area contributed by atoms with Gasteiger partial charge in [0.15, 0.2) is 0 Å². The molecule has 0 radical (unpaired) electrons.